The van der Waals surface area contributed by atoms with Crippen molar-refractivity contribution in [3.63, 3.8) is 0 Å². The SMILES string of the molecule is CCCCN1CCC(NC(=O)C(C)C(=O)O)CC1. The first-order valence-corrected chi connectivity index (χ1v) is 6.80. The Morgan fingerprint density at radius 3 is 2.50 bits per heavy atom. The number of hydrogen-bond donors (Lipinski definition) is 2. The molecule has 0 aromatic carbocycles. The first-order chi connectivity index (χ1) is 8.54. The Kier molecular flexibility index (Phi) is 6.12. The minimum atomic E-state index is -1.06. The number of amides is 1. The van der Waals surface area contributed by atoms with Gasteiger partial charge in [0.1, 0.15) is 5.92 Å². The molecule has 0 spiro atoms. The van der Waals surface area contributed by atoms with Crippen LogP contribution in [0.1, 0.15) is 39.5 Å². The number of rotatable bonds is 6. The van der Waals surface area contributed by atoms with Crippen LogP contribution in [0.4, 0.5) is 0 Å². The Labute approximate surface area is 109 Å². The number of nitrogens with zero attached hydrogens (tertiary/aromatic N) is 1. The van der Waals surface area contributed by atoms with Crippen LogP contribution in [0.2, 0.25) is 0 Å². The van der Waals surface area contributed by atoms with Gasteiger partial charge in [-0.15, -0.1) is 0 Å². The van der Waals surface area contributed by atoms with Crippen molar-refractivity contribution in [1.82, 2.24) is 10.2 Å². The molecule has 5 nitrogen and oxygen atoms in total. The van der Waals surface area contributed by atoms with Crippen LogP contribution < -0.4 is 5.32 Å². The van der Waals surface area contributed by atoms with E-state index in [1.807, 2.05) is 0 Å². The van der Waals surface area contributed by atoms with Gasteiger partial charge in [-0.05, 0) is 32.7 Å². The molecule has 1 fully saturated rings. The first kappa shape index (κ1) is 15.0. The van der Waals surface area contributed by atoms with Gasteiger partial charge in [-0.2, -0.15) is 0 Å². The van der Waals surface area contributed by atoms with Crippen LogP contribution in [0.5, 0.6) is 0 Å². The topological polar surface area (TPSA) is 69.6 Å². The van der Waals surface area contributed by atoms with Crippen LogP contribution in [0.25, 0.3) is 0 Å². The maximum atomic E-state index is 11.6. The van der Waals surface area contributed by atoms with Crippen molar-refractivity contribution in [3.05, 3.63) is 0 Å². The summed E-state index contributed by atoms with van der Waals surface area (Å²) in [6.07, 6.45) is 4.25. The number of nitrogens with one attached hydrogen (secondary N) is 1. The van der Waals surface area contributed by atoms with Crippen molar-refractivity contribution in [1.29, 1.82) is 0 Å². The van der Waals surface area contributed by atoms with E-state index in [1.54, 1.807) is 0 Å². The van der Waals surface area contributed by atoms with Gasteiger partial charge in [0, 0.05) is 19.1 Å². The lowest BCUT2D eigenvalue weighted by atomic mass is 10.0. The third-order valence-electron chi connectivity index (χ3n) is 3.53. The van der Waals surface area contributed by atoms with Gasteiger partial charge in [0.2, 0.25) is 5.91 Å². The minimum Gasteiger partial charge on any atom is -0.481 e. The van der Waals surface area contributed by atoms with E-state index in [-0.39, 0.29) is 11.9 Å². The highest BCUT2D eigenvalue weighted by Crippen LogP contribution is 2.11. The monoisotopic (exact) mass is 256 g/mol. The molecule has 1 amide bonds. The molecule has 1 atom stereocenters. The van der Waals surface area contributed by atoms with Gasteiger partial charge in [0.05, 0.1) is 0 Å². The summed E-state index contributed by atoms with van der Waals surface area (Å²) >= 11 is 0. The van der Waals surface area contributed by atoms with Gasteiger partial charge in [0.25, 0.3) is 0 Å². The van der Waals surface area contributed by atoms with Crippen molar-refractivity contribution in [2.75, 3.05) is 19.6 Å². The summed E-state index contributed by atoms with van der Waals surface area (Å²) in [6, 6.07) is 0.136. The molecule has 2 N–H and O–H groups in total. The summed E-state index contributed by atoms with van der Waals surface area (Å²) in [7, 11) is 0. The van der Waals surface area contributed by atoms with Gasteiger partial charge in [-0.25, -0.2) is 0 Å². The lowest BCUT2D eigenvalue weighted by molar-refractivity contribution is -0.146. The molecule has 0 aromatic rings. The zero-order chi connectivity index (χ0) is 13.5. The van der Waals surface area contributed by atoms with Crippen LogP contribution >= 0.6 is 0 Å². The van der Waals surface area contributed by atoms with Crippen LogP contribution in [-0.4, -0.2) is 47.6 Å². The number of carboxylic acids is 1. The fourth-order valence-corrected chi connectivity index (χ4v) is 2.12. The van der Waals surface area contributed by atoms with Gasteiger partial charge in [-0.1, -0.05) is 13.3 Å². The fraction of sp³-hybridized carbons (Fsp3) is 0.846. The summed E-state index contributed by atoms with van der Waals surface area (Å²) in [5.41, 5.74) is 0. The highest BCUT2D eigenvalue weighted by atomic mass is 16.4. The summed E-state index contributed by atoms with van der Waals surface area (Å²) in [6.45, 7) is 6.72. The van der Waals surface area contributed by atoms with E-state index >= 15 is 0 Å². The number of likely N-dealkylation sites (tertiary alicyclic amines) is 1. The highest BCUT2D eigenvalue weighted by Gasteiger charge is 2.25. The number of aliphatic carboxylic acids is 1. The zero-order valence-electron chi connectivity index (χ0n) is 11.3. The maximum absolute atomic E-state index is 11.6. The van der Waals surface area contributed by atoms with Crippen LogP contribution in [0.3, 0.4) is 0 Å². The molecule has 1 aliphatic heterocycles. The van der Waals surface area contributed by atoms with E-state index in [0.29, 0.717) is 0 Å². The number of carboxylic acid groups (broad SMARTS) is 1. The summed E-state index contributed by atoms with van der Waals surface area (Å²) in [5, 5.41) is 11.6. The predicted octanol–water partition coefficient (Wildman–Crippen LogP) is 1.09. The molecule has 104 valence electrons. The van der Waals surface area contributed by atoms with Crippen molar-refractivity contribution in [2.45, 2.75) is 45.6 Å². The van der Waals surface area contributed by atoms with E-state index in [9.17, 15) is 9.59 Å². The third kappa shape index (κ3) is 4.64. The molecular weight excluding hydrogens is 232 g/mol. The van der Waals surface area contributed by atoms with E-state index in [4.69, 9.17) is 5.11 Å². The Hall–Kier alpha value is -1.10. The molecule has 1 heterocycles. The molecule has 0 aromatic heterocycles. The van der Waals surface area contributed by atoms with E-state index < -0.39 is 11.9 Å². The molecule has 1 aliphatic rings. The second-order valence-corrected chi connectivity index (χ2v) is 5.04. The molecule has 0 aliphatic carbocycles. The molecule has 1 unspecified atom stereocenters. The van der Waals surface area contributed by atoms with Crippen molar-refractivity contribution < 1.29 is 14.7 Å². The van der Waals surface area contributed by atoms with E-state index in [0.717, 1.165) is 32.5 Å². The lowest BCUT2D eigenvalue weighted by Crippen LogP contribution is -2.47. The number of carbonyl (C=O) groups excluding carboxylic acids is 1. The summed E-state index contributed by atoms with van der Waals surface area (Å²) in [4.78, 5) is 24.7. The number of hydrogen-bond acceptors (Lipinski definition) is 3. The Bertz CT molecular complexity index is 286. The standard InChI is InChI=1S/C13H24N2O3/c1-3-4-7-15-8-5-11(6-9-15)14-12(16)10(2)13(17)18/h10-11H,3-9H2,1-2H3,(H,14,16)(H,17,18). The normalized spacial score (nSPS) is 19.4. The molecule has 0 saturated carbocycles. The first-order valence-electron chi connectivity index (χ1n) is 6.80. The molecular formula is C13H24N2O3. The van der Waals surface area contributed by atoms with Crippen LogP contribution in [0, 0.1) is 5.92 Å². The molecule has 1 saturated heterocycles. The molecule has 18 heavy (non-hydrogen) atoms. The second kappa shape index (κ2) is 7.36. The average molecular weight is 256 g/mol. The third-order valence-corrected chi connectivity index (χ3v) is 3.53. The zero-order valence-corrected chi connectivity index (χ0v) is 11.3. The fourth-order valence-electron chi connectivity index (χ4n) is 2.12. The number of unbranched alkanes of at least 4 members (excludes halogenated alkanes) is 1. The summed E-state index contributed by atoms with van der Waals surface area (Å²) in [5.74, 6) is -2.38. The van der Waals surface area contributed by atoms with Crippen molar-refractivity contribution in [3.8, 4) is 0 Å². The largest absolute Gasteiger partial charge is 0.481 e. The van der Waals surface area contributed by atoms with Gasteiger partial charge in [0.15, 0.2) is 0 Å². The molecule has 0 radical (unpaired) electrons. The Balaban J connectivity index is 2.27. The number of piperidine rings is 1. The lowest BCUT2D eigenvalue weighted by Gasteiger charge is -2.32. The number of carbonyl (C=O) groups is 2. The van der Waals surface area contributed by atoms with Gasteiger partial charge < -0.3 is 15.3 Å². The molecule has 5 heteroatoms. The molecule has 1 rings (SSSR count). The van der Waals surface area contributed by atoms with Crippen molar-refractivity contribution >= 4 is 11.9 Å². The van der Waals surface area contributed by atoms with Gasteiger partial charge >= 0.3 is 5.97 Å². The smallest absolute Gasteiger partial charge is 0.315 e. The second-order valence-electron chi connectivity index (χ2n) is 5.04. The van der Waals surface area contributed by atoms with E-state index in [1.165, 1.54) is 19.8 Å². The van der Waals surface area contributed by atoms with Crippen molar-refractivity contribution in [2.24, 2.45) is 5.92 Å². The Morgan fingerprint density at radius 2 is 2.00 bits per heavy atom. The van der Waals surface area contributed by atoms with Gasteiger partial charge in [-0.3, -0.25) is 9.59 Å². The highest BCUT2D eigenvalue weighted by molar-refractivity contribution is 5.96. The molecule has 0 bridgehead atoms. The quantitative estimate of drug-likeness (QED) is 0.698. The van der Waals surface area contributed by atoms with Crippen LogP contribution in [-0.2, 0) is 9.59 Å². The Morgan fingerprint density at radius 1 is 1.39 bits per heavy atom. The predicted molar refractivity (Wildman–Crippen MR) is 69.3 cm³/mol. The minimum absolute atomic E-state index is 0.136. The average Bonchev–Trinajstić information content (AvgIpc) is 2.36. The maximum Gasteiger partial charge on any atom is 0.315 e. The summed E-state index contributed by atoms with van der Waals surface area (Å²) < 4.78 is 0. The van der Waals surface area contributed by atoms with Crippen LogP contribution in [0.15, 0.2) is 0 Å². The van der Waals surface area contributed by atoms with E-state index in [2.05, 4.69) is 17.1 Å².